The molecule has 1 fully saturated rings. The van der Waals surface area contributed by atoms with Crippen molar-refractivity contribution in [1.29, 1.82) is 0 Å². The van der Waals surface area contributed by atoms with Crippen LogP contribution in [0, 0.1) is 0 Å². The Morgan fingerprint density at radius 1 is 1.20 bits per heavy atom. The molecule has 0 amide bonds. The maximum absolute atomic E-state index is 5.37. The van der Waals surface area contributed by atoms with Crippen LogP contribution in [-0.4, -0.2) is 37.6 Å². The molecule has 1 aliphatic heterocycles. The maximum atomic E-state index is 5.37. The molecule has 1 aromatic heterocycles. The average Bonchev–Trinajstić information content (AvgIpc) is 3.16. The molecule has 1 atom stereocenters. The van der Waals surface area contributed by atoms with Crippen molar-refractivity contribution in [3.05, 3.63) is 24.0 Å². The third kappa shape index (κ3) is 2.22. The van der Waals surface area contributed by atoms with E-state index in [0.717, 1.165) is 13.0 Å². The van der Waals surface area contributed by atoms with Gasteiger partial charge in [0.15, 0.2) is 5.82 Å². The maximum Gasteiger partial charge on any atom is 0.265 e. The molecule has 1 aliphatic rings. The average molecular weight is 276 g/mol. The lowest BCUT2D eigenvalue weighted by molar-refractivity contribution is 0.192. The number of hydrogen-bond donors (Lipinski definition) is 0. The van der Waals surface area contributed by atoms with E-state index in [1.807, 2.05) is 18.2 Å². The molecule has 0 spiro atoms. The molecule has 20 heavy (non-hydrogen) atoms. The topological polar surface area (TPSA) is 66.6 Å². The van der Waals surface area contributed by atoms with E-state index in [1.165, 1.54) is 0 Å². The van der Waals surface area contributed by atoms with Gasteiger partial charge < -0.3 is 18.7 Å². The van der Waals surface area contributed by atoms with Crippen molar-refractivity contribution in [3.8, 4) is 23.0 Å². The molecule has 0 saturated carbocycles. The lowest BCUT2D eigenvalue weighted by Gasteiger charge is -2.09. The molecule has 106 valence electrons. The van der Waals surface area contributed by atoms with Crippen LogP contribution in [0.4, 0.5) is 0 Å². The van der Waals surface area contributed by atoms with E-state index < -0.39 is 0 Å². The summed E-state index contributed by atoms with van der Waals surface area (Å²) in [6.07, 6.45) is 0.919. The van der Waals surface area contributed by atoms with Gasteiger partial charge in [-0.3, -0.25) is 0 Å². The SMILES string of the molecule is COc1cccc(OC)c1-c1nc([C@H]2CCOC2)no1. The number of nitrogens with zero attached hydrogens (tertiary/aromatic N) is 2. The summed E-state index contributed by atoms with van der Waals surface area (Å²) >= 11 is 0. The van der Waals surface area contributed by atoms with Gasteiger partial charge >= 0.3 is 0 Å². The van der Waals surface area contributed by atoms with Crippen molar-refractivity contribution in [3.63, 3.8) is 0 Å². The van der Waals surface area contributed by atoms with Crippen molar-refractivity contribution in [2.24, 2.45) is 0 Å². The van der Waals surface area contributed by atoms with E-state index in [0.29, 0.717) is 35.4 Å². The van der Waals surface area contributed by atoms with Crippen LogP contribution in [0.15, 0.2) is 22.7 Å². The summed E-state index contributed by atoms with van der Waals surface area (Å²) in [6, 6.07) is 5.52. The molecule has 1 saturated heterocycles. The highest BCUT2D eigenvalue weighted by atomic mass is 16.5. The van der Waals surface area contributed by atoms with E-state index in [-0.39, 0.29) is 5.92 Å². The van der Waals surface area contributed by atoms with Crippen molar-refractivity contribution < 1.29 is 18.7 Å². The largest absolute Gasteiger partial charge is 0.496 e. The minimum absolute atomic E-state index is 0.202. The van der Waals surface area contributed by atoms with Crippen LogP contribution in [0.2, 0.25) is 0 Å². The Morgan fingerprint density at radius 2 is 1.95 bits per heavy atom. The smallest absolute Gasteiger partial charge is 0.265 e. The van der Waals surface area contributed by atoms with Gasteiger partial charge in [-0.15, -0.1) is 0 Å². The predicted octanol–water partition coefficient (Wildman–Crippen LogP) is 2.26. The molecule has 0 unspecified atom stereocenters. The van der Waals surface area contributed by atoms with Gasteiger partial charge in [0.2, 0.25) is 0 Å². The lowest BCUT2D eigenvalue weighted by Crippen LogP contribution is -2.00. The molecule has 2 heterocycles. The van der Waals surface area contributed by atoms with Gasteiger partial charge in [0.25, 0.3) is 5.89 Å². The van der Waals surface area contributed by atoms with Gasteiger partial charge in [-0.25, -0.2) is 0 Å². The molecule has 0 bridgehead atoms. The van der Waals surface area contributed by atoms with Crippen LogP contribution in [0.1, 0.15) is 18.2 Å². The summed E-state index contributed by atoms with van der Waals surface area (Å²) in [5.41, 5.74) is 0.676. The first-order valence-corrected chi connectivity index (χ1v) is 6.46. The Balaban J connectivity index is 2.00. The Labute approximate surface area is 116 Å². The van der Waals surface area contributed by atoms with Crippen LogP contribution in [0.3, 0.4) is 0 Å². The van der Waals surface area contributed by atoms with Crippen molar-refractivity contribution in [1.82, 2.24) is 10.1 Å². The summed E-state index contributed by atoms with van der Waals surface area (Å²) in [7, 11) is 3.20. The molecule has 2 aromatic rings. The highest BCUT2D eigenvalue weighted by molar-refractivity contribution is 5.70. The van der Waals surface area contributed by atoms with Crippen molar-refractivity contribution in [2.45, 2.75) is 12.3 Å². The molecule has 1 aromatic carbocycles. The van der Waals surface area contributed by atoms with Crippen LogP contribution in [-0.2, 0) is 4.74 Å². The van der Waals surface area contributed by atoms with Gasteiger partial charge in [-0.05, 0) is 18.6 Å². The monoisotopic (exact) mass is 276 g/mol. The summed E-state index contributed by atoms with van der Waals surface area (Å²) in [5.74, 6) is 2.56. The first-order chi connectivity index (χ1) is 9.83. The third-order valence-electron chi connectivity index (χ3n) is 3.38. The number of rotatable bonds is 4. The van der Waals surface area contributed by atoms with E-state index in [4.69, 9.17) is 18.7 Å². The molecular formula is C14H16N2O4. The fourth-order valence-electron chi connectivity index (χ4n) is 2.30. The minimum atomic E-state index is 0.202. The molecule has 0 aliphatic carbocycles. The third-order valence-corrected chi connectivity index (χ3v) is 3.38. The second kappa shape index (κ2) is 5.50. The van der Waals surface area contributed by atoms with E-state index in [9.17, 15) is 0 Å². The van der Waals surface area contributed by atoms with E-state index >= 15 is 0 Å². The second-order valence-electron chi connectivity index (χ2n) is 4.56. The lowest BCUT2D eigenvalue weighted by atomic mass is 10.1. The highest BCUT2D eigenvalue weighted by Gasteiger charge is 2.25. The Morgan fingerprint density at radius 3 is 2.55 bits per heavy atom. The summed E-state index contributed by atoms with van der Waals surface area (Å²) in [5, 5.41) is 4.05. The number of aromatic nitrogens is 2. The number of ether oxygens (including phenoxy) is 3. The van der Waals surface area contributed by atoms with Gasteiger partial charge in [-0.2, -0.15) is 4.98 Å². The number of benzene rings is 1. The standard InChI is InChI=1S/C14H16N2O4/c1-17-10-4-3-5-11(18-2)12(10)14-15-13(16-20-14)9-6-7-19-8-9/h3-5,9H,6-8H2,1-2H3/t9-/m0/s1. The first kappa shape index (κ1) is 12.9. The minimum Gasteiger partial charge on any atom is -0.496 e. The zero-order valence-electron chi connectivity index (χ0n) is 11.5. The first-order valence-electron chi connectivity index (χ1n) is 6.46. The van der Waals surface area contributed by atoms with E-state index in [2.05, 4.69) is 10.1 Å². The molecule has 3 rings (SSSR count). The summed E-state index contributed by atoms with van der Waals surface area (Å²) in [4.78, 5) is 4.46. The Kier molecular flexibility index (Phi) is 3.56. The van der Waals surface area contributed by atoms with Crippen LogP contribution >= 0.6 is 0 Å². The van der Waals surface area contributed by atoms with Crippen molar-refractivity contribution >= 4 is 0 Å². The van der Waals surface area contributed by atoms with Gasteiger partial charge in [0, 0.05) is 12.5 Å². The fourth-order valence-corrected chi connectivity index (χ4v) is 2.30. The van der Waals surface area contributed by atoms with Gasteiger partial charge in [-0.1, -0.05) is 11.2 Å². The number of methoxy groups -OCH3 is 2. The zero-order valence-corrected chi connectivity index (χ0v) is 11.5. The van der Waals surface area contributed by atoms with Gasteiger partial charge in [0.05, 0.1) is 20.8 Å². The fraction of sp³-hybridized carbons (Fsp3) is 0.429. The zero-order chi connectivity index (χ0) is 13.9. The van der Waals surface area contributed by atoms with E-state index in [1.54, 1.807) is 14.2 Å². The summed E-state index contributed by atoms with van der Waals surface area (Å²) < 4.78 is 21.4. The predicted molar refractivity (Wildman–Crippen MR) is 71.0 cm³/mol. The van der Waals surface area contributed by atoms with Crippen molar-refractivity contribution in [2.75, 3.05) is 27.4 Å². The van der Waals surface area contributed by atoms with Crippen LogP contribution in [0.25, 0.3) is 11.5 Å². The molecule has 0 radical (unpaired) electrons. The Bertz CT molecular complexity index is 568. The number of hydrogen-bond acceptors (Lipinski definition) is 6. The molecule has 6 heteroatoms. The Hall–Kier alpha value is -2.08. The second-order valence-corrected chi connectivity index (χ2v) is 4.56. The summed E-state index contributed by atoms with van der Waals surface area (Å²) in [6.45, 7) is 1.38. The quantitative estimate of drug-likeness (QED) is 0.853. The normalized spacial score (nSPS) is 18.2. The van der Waals surface area contributed by atoms with Crippen LogP contribution in [0.5, 0.6) is 11.5 Å². The molecular weight excluding hydrogens is 260 g/mol. The highest BCUT2D eigenvalue weighted by Crippen LogP contribution is 2.38. The molecule has 6 nitrogen and oxygen atoms in total. The van der Waals surface area contributed by atoms with Crippen LogP contribution < -0.4 is 9.47 Å². The molecule has 0 N–H and O–H groups in total. The van der Waals surface area contributed by atoms with Gasteiger partial charge in [0.1, 0.15) is 17.1 Å².